The van der Waals surface area contributed by atoms with Crippen LogP contribution in [0.1, 0.15) is 28.9 Å². The van der Waals surface area contributed by atoms with E-state index in [-0.39, 0.29) is 11.7 Å². The van der Waals surface area contributed by atoms with Crippen molar-refractivity contribution in [3.8, 4) is 5.75 Å². The van der Waals surface area contributed by atoms with Crippen LogP contribution in [0.3, 0.4) is 0 Å². The summed E-state index contributed by atoms with van der Waals surface area (Å²) in [5, 5.41) is 0. The summed E-state index contributed by atoms with van der Waals surface area (Å²) in [6.07, 6.45) is 1.03. The highest BCUT2D eigenvalue weighted by molar-refractivity contribution is 5.98. The summed E-state index contributed by atoms with van der Waals surface area (Å²) in [4.78, 5) is 28.4. The number of benzene rings is 2. The average molecular weight is 500 g/mol. The molecule has 1 saturated heterocycles. The molecule has 10 heteroatoms. The number of hydrogen-bond donors (Lipinski definition) is 0. The number of ether oxygens (including phenoxy) is 2. The zero-order chi connectivity index (χ0) is 25.8. The van der Waals surface area contributed by atoms with E-state index in [9.17, 15) is 13.6 Å². The van der Waals surface area contributed by atoms with Crippen molar-refractivity contribution in [2.24, 2.45) is 0 Å². The van der Waals surface area contributed by atoms with Crippen molar-refractivity contribution >= 4 is 22.8 Å². The van der Waals surface area contributed by atoms with Crippen molar-refractivity contribution in [1.82, 2.24) is 19.8 Å². The maximum atomic E-state index is 13.8. The summed E-state index contributed by atoms with van der Waals surface area (Å²) in [6, 6.07) is 6.48. The molecule has 0 saturated carbocycles. The molecule has 4 rings (SSSR count). The van der Waals surface area contributed by atoms with Gasteiger partial charge in [0.05, 0.1) is 30.4 Å². The van der Waals surface area contributed by atoms with E-state index in [1.54, 1.807) is 37.2 Å². The van der Waals surface area contributed by atoms with E-state index in [2.05, 4.69) is 9.88 Å². The predicted molar refractivity (Wildman–Crippen MR) is 133 cm³/mol. The first-order valence-corrected chi connectivity index (χ1v) is 11.9. The maximum absolute atomic E-state index is 13.8. The summed E-state index contributed by atoms with van der Waals surface area (Å²) < 4.78 is 38.9. The second kappa shape index (κ2) is 11.1. The Morgan fingerprint density at radius 1 is 1.08 bits per heavy atom. The Morgan fingerprint density at radius 3 is 2.44 bits per heavy atom. The van der Waals surface area contributed by atoms with Gasteiger partial charge < -0.3 is 24.2 Å². The number of rotatable bonds is 8. The van der Waals surface area contributed by atoms with Crippen LogP contribution < -0.4 is 9.64 Å². The van der Waals surface area contributed by atoms with Crippen molar-refractivity contribution < 1.29 is 23.0 Å². The van der Waals surface area contributed by atoms with E-state index in [1.807, 2.05) is 19.0 Å². The molecule has 8 nitrogen and oxygen atoms in total. The van der Waals surface area contributed by atoms with Gasteiger partial charge >= 0.3 is 0 Å². The number of amides is 1. The van der Waals surface area contributed by atoms with Gasteiger partial charge in [-0.25, -0.2) is 13.8 Å². The molecular weight excluding hydrogens is 468 g/mol. The lowest BCUT2D eigenvalue weighted by Gasteiger charge is -2.28. The van der Waals surface area contributed by atoms with E-state index in [4.69, 9.17) is 14.5 Å². The molecule has 0 bridgehead atoms. The Hall–Kier alpha value is -3.37. The van der Waals surface area contributed by atoms with Crippen molar-refractivity contribution in [2.75, 3.05) is 65.4 Å². The summed E-state index contributed by atoms with van der Waals surface area (Å²) in [5.41, 5.74) is 2.14. The van der Waals surface area contributed by atoms with Gasteiger partial charge in [0.25, 0.3) is 5.91 Å². The van der Waals surface area contributed by atoms with Crippen LogP contribution in [0.5, 0.6) is 5.75 Å². The summed E-state index contributed by atoms with van der Waals surface area (Å²) in [7, 11) is 5.64. The minimum atomic E-state index is -0.733. The Bertz CT molecular complexity index is 1210. The summed E-state index contributed by atoms with van der Waals surface area (Å²) >= 11 is 0. The fourth-order valence-corrected chi connectivity index (χ4v) is 4.05. The van der Waals surface area contributed by atoms with Crippen molar-refractivity contribution in [1.29, 1.82) is 0 Å². The average Bonchev–Trinajstić information content (AvgIpc) is 2.85. The number of hydrogen-bond acceptors (Lipinski definition) is 7. The predicted octanol–water partition coefficient (Wildman–Crippen LogP) is 3.52. The number of aromatic nitrogens is 2. The van der Waals surface area contributed by atoms with Gasteiger partial charge in [-0.1, -0.05) is 0 Å². The van der Waals surface area contributed by atoms with Gasteiger partial charge in [0.2, 0.25) is 0 Å². The molecular formula is C26H31F2N5O3. The van der Waals surface area contributed by atoms with E-state index >= 15 is 0 Å². The number of fused-ring (bicyclic) bond motifs is 1. The Labute approximate surface area is 209 Å². The van der Waals surface area contributed by atoms with Crippen LogP contribution >= 0.6 is 0 Å². The molecule has 36 heavy (non-hydrogen) atoms. The fraction of sp³-hybridized carbons (Fsp3) is 0.423. The number of morpholine rings is 1. The highest BCUT2D eigenvalue weighted by Gasteiger charge is 2.22. The van der Waals surface area contributed by atoms with Gasteiger partial charge in [-0.15, -0.1) is 0 Å². The molecule has 2 heterocycles. The van der Waals surface area contributed by atoms with Crippen LogP contribution in [0, 0.1) is 11.6 Å². The molecule has 1 aliphatic rings. The lowest BCUT2D eigenvalue weighted by atomic mass is 10.0. The number of likely N-dealkylation sites (N-methyl/N-ethyl adjacent to an activating group) is 2. The molecule has 0 spiro atoms. The number of carbonyl (C=O) groups is 1. The molecule has 0 radical (unpaired) electrons. The zero-order valence-electron chi connectivity index (χ0n) is 21.0. The molecule has 0 aliphatic carbocycles. The largest absolute Gasteiger partial charge is 0.486 e. The number of carbonyl (C=O) groups excluding carboxylic acids is 1. The van der Waals surface area contributed by atoms with Gasteiger partial charge in [0.1, 0.15) is 29.3 Å². The SMILES string of the molecule is CC(Oc1cc(F)cc(F)c1)c1cc(C(=O)N(C)CCN(C)C)cc2ncc(N3CCOCC3)nc12. The monoisotopic (exact) mass is 499 g/mol. The molecule has 1 aliphatic heterocycles. The van der Waals surface area contributed by atoms with Crippen molar-refractivity contribution in [2.45, 2.75) is 13.0 Å². The van der Waals surface area contributed by atoms with E-state index in [0.29, 0.717) is 60.8 Å². The van der Waals surface area contributed by atoms with Gasteiger partial charge in [-0.2, -0.15) is 0 Å². The van der Waals surface area contributed by atoms with Gasteiger partial charge in [-0.3, -0.25) is 9.78 Å². The van der Waals surface area contributed by atoms with Gasteiger partial charge in [0, 0.05) is 62.6 Å². The molecule has 2 aromatic carbocycles. The Balaban J connectivity index is 1.74. The first-order chi connectivity index (χ1) is 17.2. The minimum absolute atomic E-state index is 0.0465. The molecule has 0 N–H and O–H groups in total. The molecule has 1 fully saturated rings. The molecule has 192 valence electrons. The number of halogens is 2. The molecule has 1 amide bonds. The van der Waals surface area contributed by atoms with E-state index in [0.717, 1.165) is 24.7 Å². The fourth-order valence-electron chi connectivity index (χ4n) is 4.05. The molecule has 1 aromatic heterocycles. The summed E-state index contributed by atoms with van der Waals surface area (Å²) in [6.45, 7) is 5.61. The zero-order valence-corrected chi connectivity index (χ0v) is 21.0. The Morgan fingerprint density at radius 2 is 1.78 bits per heavy atom. The van der Waals surface area contributed by atoms with E-state index < -0.39 is 17.7 Å². The Kier molecular flexibility index (Phi) is 7.95. The standard InChI is InChI=1S/C26H31F2N5O3/c1-17(36-21-14-19(27)13-20(28)15-21)22-11-18(26(34)32(4)6-5-31(2)3)12-23-25(22)30-24(16-29-23)33-7-9-35-10-8-33/h11-17H,5-10H2,1-4H3. The minimum Gasteiger partial charge on any atom is -0.486 e. The van der Waals surface area contributed by atoms with Gasteiger partial charge in [-0.05, 0) is 33.2 Å². The topological polar surface area (TPSA) is 71.0 Å². The third-order valence-corrected chi connectivity index (χ3v) is 6.06. The smallest absolute Gasteiger partial charge is 0.253 e. The number of anilines is 1. The second-order valence-corrected chi connectivity index (χ2v) is 9.16. The lowest BCUT2D eigenvalue weighted by Crippen LogP contribution is -2.36. The maximum Gasteiger partial charge on any atom is 0.253 e. The third kappa shape index (κ3) is 6.06. The van der Waals surface area contributed by atoms with Crippen LogP contribution in [0.25, 0.3) is 11.0 Å². The number of nitrogens with zero attached hydrogens (tertiary/aromatic N) is 5. The molecule has 3 aromatic rings. The highest BCUT2D eigenvalue weighted by Crippen LogP contribution is 2.30. The third-order valence-electron chi connectivity index (χ3n) is 6.06. The van der Waals surface area contributed by atoms with E-state index in [1.165, 1.54) is 0 Å². The quantitative estimate of drug-likeness (QED) is 0.470. The summed E-state index contributed by atoms with van der Waals surface area (Å²) in [5.74, 6) is -0.891. The highest BCUT2D eigenvalue weighted by atomic mass is 19.1. The van der Waals surface area contributed by atoms with Crippen molar-refractivity contribution in [3.63, 3.8) is 0 Å². The lowest BCUT2D eigenvalue weighted by molar-refractivity contribution is 0.0786. The first-order valence-electron chi connectivity index (χ1n) is 11.9. The van der Waals surface area contributed by atoms with Gasteiger partial charge in [0.15, 0.2) is 0 Å². The van der Waals surface area contributed by atoms with Crippen LogP contribution in [0.15, 0.2) is 36.5 Å². The van der Waals surface area contributed by atoms with Crippen LogP contribution in [-0.2, 0) is 4.74 Å². The normalized spacial score (nSPS) is 14.8. The first kappa shape index (κ1) is 25.7. The molecule has 1 atom stereocenters. The van der Waals surface area contributed by atoms with Crippen LogP contribution in [0.4, 0.5) is 14.6 Å². The van der Waals surface area contributed by atoms with Crippen molar-refractivity contribution in [3.05, 3.63) is 59.3 Å². The van der Waals surface area contributed by atoms with Crippen LogP contribution in [0.2, 0.25) is 0 Å². The molecule has 1 unspecified atom stereocenters. The second-order valence-electron chi connectivity index (χ2n) is 9.16. The van der Waals surface area contributed by atoms with Crippen LogP contribution in [-0.4, -0.2) is 86.2 Å².